The molecule has 4 nitrogen and oxygen atoms in total. The Labute approximate surface area is 95.9 Å². The van der Waals surface area contributed by atoms with Gasteiger partial charge in [0.2, 0.25) is 0 Å². The summed E-state index contributed by atoms with van der Waals surface area (Å²) < 4.78 is 5.20. The third-order valence-corrected chi connectivity index (χ3v) is 2.60. The lowest BCUT2D eigenvalue weighted by Crippen LogP contribution is -1.82. The van der Waals surface area contributed by atoms with Crippen LogP contribution in [0, 0.1) is 0 Å². The second-order valence-corrected chi connectivity index (χ2v) is 3.64. The van der Waals surface area contributed by atoms with Crippen LogP contribution in [-0.2, 0) is 0 Å². The third-order valence-electron chi connectivity index (χ3n) is 2.33. The summed E-state index contributed by atoms with van der Waals surface area (Å²) in [6.07, 6.45) is 4.92. The van der Waals surface area contributed by atoms with Gasteiger partial charge in [-0.15, -0.1) is 0 Å². The monoisotopic (exact) mass is 231 g/mol. The van der Waals surface area contributed by atoms with E-state index in [1.165, 1.54) is 6.33 Å². The SMILES string of the molecule is Clc1noc2c(-c3cncnc3)cccc12. The molecule has 0 atom stereocenters. The zero-order valence-corrected chi connectivity index (χ0v) is 8.85. The molecule has 0 aliphatic carbocycles. The number of halogens is 1. The minimum absolute atomic E-state index is 0.369. The molecule has 0 saturated heterocycles. The highest BCUT2D eigenvalue weighted by molar-refractivity contribution is 6.34. The van der Waals surface area contributed by atoms with Gasteiger partial charge in [0.05, 0.1) is 5.39 Å². The fourth-order valence-corrected chi connectivity index (χ4v) is 1.78. The molecule has 0 N–H and O–H groups in total. The summed E-state index contributed by atoms with van der Waals surface area (Å²) in [6, 6.07) is 5.68. The number of rotatable bonds is 1. The van der Waals surface area contributed by atoms with E-state index < -0.39 is 0 Å². The molecule has 3 rings (SSSR count). The van der Waals surface area contributed by atoms with Crippen LogP contribution in [0.4, 0.5) is 0 Å². The van der Waals surface area contributed by atoms with E-state index in [1.807, 2.05) is 18.2 Å². The lowest BCUT2D eigenvalue weighted by atomic mass is 10.1. The van der Waals surface area contributed by atoms with Crippen LogP contribution in [0.25, 0.3) is 22.1 Å². The van der Waals surface area contributed by atoms with E-state index in [2.05, 4.69) is 15.1 Å². The molecule has 0 spiro atoms. The Balaban J connectivity index is 2.32. The summed E-state index contributed by atoms with van der Waals surface area (Å²) in [5.41, 5.74) is 2.42. The van der Waals surface area contributed by atoms with E-state index in [1.54, 1.807) is 12.4 Å². The summed E-state index contributed by atoms with van der Waals surface area (Å²) in [5, 5.41) is 4.90. The van der Waals surface area contributed by atoms with E-state index in [4.69, 9.17) is 16.1 Å². The Bertz CT molecular complexity index is 636. The Hall–Kier alpha value is -1.94. The van der Waals surface area contributed by atoms with Crippen LogP contribution >= 0.6 is 11.6 Å². The van der Waals surface area contributed by atoms with Gasteiger partial charge in [0.1, 0.15) is 6.33 Å². The van der Waals surface area contributed by atoms with E-state index in [0.29, 0.717) is 10.7 Å². The van der Waals surface area contributed by atoms with Gasteiger partial charge in [-0.05, 0) is 6.07 Å². The van der Waals surface area contributed by atoms with Crippen molar-refractivity contribution in [3.05, 3.63) is 42.1 Å². The minimum atomic E-state index is 0.369. The molecular weight excluding hydrogens is 226 g/mol. The second kappa shape index (κ2) is 3.57. The highest BCUT2D eigenvalue weighted by atomic mass is 35.5. The molecule has 1 aromatic carbocycles. The first-order valence-electron chi connectivity index (χ1n) is 4.65. The number of hydrogen-bond acceptors (Lipinski definition) is 4. The van der Waals surface area contributed by atoms with E-state index in [-0.39, 0.29) is 0 Å². The van der Waals surface area contributed by atoms with Crippen molar-refractivity contribution in [3.8, 4) is 11.1 Å². The normalized spacial score (nSPS) is 10.8. The second-order valence-electron chi connectivity index (χ2n) is 3.28. The molecule has 0 saturated carbocycles. The number of aromatic nitrogens is 3. The zero-order chi connectivity index (χ0) is 11.0. The maximum atomic E-state index is 5.90. The number of nitrogens with zero attached hydrogens (tertiary/aromatic N) is 3. The minimum Gasteiger partial charge on any atom is -0.354 e. The first kappa shape index (κ1) is 9.30. The van der Waals surface area contributed by atoms with Crippen molar-refractivity contribution in [2.24, 2.45) is 0 Å². The largest absolute Gasteiger partial charge is 0.354 e. The molecule has 3 aromatic rings. The summed E-state index contributed by atoms with van der Waals surface area (Å²) in [5.74, 6) is 0. The van der Waals surface area contributed by atoms with Crippen LogP contribution in [0.5, 0.6) is 0 Å². The zero-order valence-electron chi connectivity index (χ0n) is 8.09. The fraction of sp³-hybridized carbons (Fsp3) is 0. The first-order chi connectivity index (χ1) is 7.86. The molecule has 78 valence electrons. The Morgan fingerprint density at radius 3 is 2.75 bits per heavy atom. The predicted octanol–water partition coefficient (Wildman–Crippen LogP) is 2.94. The van der Waals surface area contributed by atoms with Crippen molar-refractivity contribution in [1.29, 1.82) is 0 Å². The van der Waals surface area contributed by atoms with Gasteiger partial charge in [-0.2, -0.15) is 0 Å². The molecule has 0 aliphatic heterocycles. The molecule has 0 amide bonds. The van der Waals surface area contributed by atoms with Gasteiger partial charge in [0, 0.05) is 23.5 Å². The van der Waals surface area contributed by atoms with E-state index in [0.717, 1.165) is 16.5 Å². The smallest absolute Gasteiger partial charge is 0.180 e. The molecule has 5 heteroatoms. The number of fused-ring (bicyclic) bond motifs is 1. The van der Waals surface area contributed by atoms with Crippen LogP contribution in [-0.4, -0.2) is 15.1 Å². The van der Waals surface area contributed by atoms with Crippen LogP contribution in [0.15, 0.2) is 41.4 Å². The van der Waals surface area contributed by atoms with E-state index in [9.17, 15) is 0 Å². The van der Waals surface area contributed by atoms with Crippen molar-refractivity contribution in [1.82, 2.24) is 15.1 Å². The molecule has 0 fully saturated rings. The van der Waals surface area contributed by atoms with Crippen molar-refractivity contribution in [2.75, 3.05) is 0 Å². The number of benzene rings is 1. The van der Waals surface area contributed by atoms with Crippen LogP contribution in [0.3, 0.4) is 0 Å². The maximum Gasteiger partial charge on any atom is 0.180 e. The molecule has 0 radical (unpaired) electrons. The van der Waals surface area contributed by atoms with Gasteiger partial charge in [-0.3, -0.25) is 0 Å². The Kier molecular flexibility index (Phi) is 2.08. The molecule has 0 bridgehead atoms. The van der Waals surface area contributed by atoms with Crippen LogP contribution in [0.2, 0.25) is 5.15 Å². The van der Waals surface area contributed by atoms with Gasteiger partial charge < -0.3 is 4.52 Å². The number of para-hydroxylation sites is 1. The molecular formula is C11H6ClN3O. The van der Waals surface area contributed by atoms with Gasteiger partial charge in [0.25, 0.3) is 0 Å². The standard InChI is InChI=1S/C11H6ClN3O/c12-11-9-3-1-2-8(10(9)16-15-11)7-4-13-6-14-5-7/h1-6H. The van der Waals surface area contributed by atoms with Gasteiger partial charge in [-0.1, -0.05) is 28.9 Å². The predicted molar refractivity (Wildman–Crippen MR) is 60.0 cm³/mol. The first-order valence-corrected chi connectivity index (χ1v) is 5.03. The summed E-state index contributed by atoms with van der Waals surface area (Å²) in [6.45, 7) is 0. The van der Waals surface area contributed by atoms with Crippen molar-refractivity contribution >= 4 is 22.6 Å². The molecule has 2 aromatic heterocycles. The van der Waals surface area contributed by atoms with Crippen molar-refractivity contribution < 1.29 is 4.52 Å². The van der Waals surface area contributed by atoms with Crippen LogP contribution < -0.4 is 0 Å². The quantitative estimate of drug-likeness (QED) is 0.646. The van der Waals surface area contributed by atoms with Crippen molar-refractivity contribution in [3.63, 3.8) is 0 Å². The van der Waals surface area contributed by atoms with Gasteiger partial charge in [-0.25, -0.2) is 9.97 Å². The lowest BCUT2D eigenvalue weighted by molar-refractivity contribution is 0.457. The average Bonchev–Trinajstić information content (AvgIpc) is 2.73. The van der Waals surface area contributed by atoms with Gasteiger partial charge >= 0.3 is 0 Å². The molecule has 16 heavy (non-hydrogen) atoms. The van der Waals surface area contributed by atoms with Gasteiger partial charge in [0.15, 0.2) is 10.7 Å². The van der Waals surface area contributed by atoms with Crippen molar-refractivity contribution in [2.45, 2.75) is 0 Å². The fourth-order valence-electron chi connectivity index (χ4n) is 1.60. The average molecular weight is 232 g/mol. The molecule has 2 heterocycles. The Morgan fingerprint density at radius 1 is 1.12 bits per heavy atom. The lowest BCUT2D eigenvalue weighted by Gasteiger charge is -1.99. The van der Waals surface area contributed by atoms with Crippen LogP contribution in [0.1, 0.15) is 0 Å². The third kappa shape index (κ3) is 1.35. The summed E-state index contributed by atoms with van der Waals surface area (Å²) in [4.78, 5) is 7.94. The Morgan fingerprint density at radius 2 is 1.94 bits per heavy atom. The van der Waals surface area contributed by atoms with E-state index >= 15 is 0 Å². The number of hydrogen-bond donors (Lipinski definition) is 0. The summed E-state index contributed by atoms with van der Waals surface area (Å²) in [7, 11) is 0. The highest BCUT2D eigenvalue weighted by Gasteiger charge is 2.11. The molecule has 0 unspecified atom stereocenters. The summed E-state index contributed by atoms with van der Waals surface area (Å²) >= 11 is 5.90. The maximum absolute atomic E-state index is 5.90. The molecule has 0 aliphatic rings. The highest BCUT2D eigenvalue weighted by Crippen LogP contribution is 2.31. The topological polar surface area (TPSA) is 51.8 Å².